The van der Waals surface area contributed by atoms with E-state index in [4.69, 9.17) is 9.84 Å². The Balaban J connectivity index is 1.65. The van der Waals surface area contributed by atoms with E-state index < -0.39 is 43.2 Å². The van der Waals surface area contributed by atoms with Crippen LogP contribution in [-0.2, 0) is 19.2 Å². The Morgan fingerprint density at radius 2 is 1.61 bits per heavy atom. The molecule has 2 amide bonds. The van der Waals surface area contributed by atoms with E-state index in [-0.39, 0.29) is 17.6 Å². The normalized spacial score (nSPS) is 13.6. The van der Waals surface area contributed by atoms with Crippen LogP contribution in [0.1, 0.15) is 23.5 Å². The molecule has 0 aliphatic heterocycles. The van der Waals surface area contributed by atoms with Crippen LogP contribution < -0.4 is 5.32 Å². The largest absolute Gasteiger partial charge is 0.481 e. The van der Waals surface area contributed by atoms with Crippen LogP contribution in [0.15, 0.2) is 48.5 Å². The number of carbonyl (C=O) groups excluding carboxylic acids is 2. The van der Waals surface area contributed by atoms with Crippen molar-refractivity contribution >= 4 is 18.0 Å². The third-order valence-corrected chi connectivity index (χ3v) is 5.04. The first-order valence-corrected chi connectivity index (χ1v) is 9.87. The molecule has 0 bridgehead atoms. The first-order chi connectivity index (χ1) is 15.6. The van der Waals surface area contributed by atoms with Crippen molar-refractivity contribution in [3.63, 3.8) is 0 Å². The van der Waals surface area contributed by atoms with Gasteiger partial charge in [-0.1, -0.05) is 48.5 Å². The van der Waals surface area contributed by atoms with E-state index in [9.17, 15) is 27.6 Å². The summed E-state index contributed by atoms with van der Waals surface area (Å²) in [6.07, 6.45) is -6.65. The lowest BCUT2D eigenvalue weighted by atomic mass is 9.98. The van der Waals surface area contributed by atoms with Crippen LogP contribution in [0.3, 0.4) is 0 Å². The molecule has 0 saturated heterocycles. The van der Waals surface area contributed by atoms with E-state index in [0.717, 1.165) is 29.3 Å². The zero-order valence-electron chi connectivity index (χ0n) is 17.5. The van der Waals surface area contributed by atoms with Crippen molar-refractivity contribution in [1.82, 2.24) is 10.4 Å². The number of aliphatic carboxylic acids is 1. The number of alkyl carbamates (subject to hydrolysis) is 1. The standard InChI is InChI=1S/C22H21F3N2O6/c1-27(33-12-22(23,24)25)20(30)18(10-19(28)29)26-21(31)32-11-17-15-8-4-2-6-13(15)14-7-3-5-9-16(14)17/h2-9,17-18H,10-12H2,1H3,(H,26,31)(H,28,29). The van der Waals surface area contributed by atoms with Crippen molar-refractivity contribution in [2.24, 2.45) is 0 Å². The van der Waals surface area contributed by atoms with E-state index in [1.807, 2.05) is 48.5 Å². The van der Waals surface area contributed by atoms with Crippen LogP contribution in [-0.4, -0.2) is 60.6 Å². The van der Waals surface area contributed by atoms with Crippen LogP contribution in [0.25, 0.3) is 11.1 Å². The lowest BCUT2D eigenvalue weighted by molar-refractivity contribution is -0.241. The summed E-state index contributed by atoms with van der Waals surface area (Å²) in [5.41, 5.74) is 3.91. The van der Waals surface area contributed by atoms with Crippen molar-refractivity contribution in [2.75, 3.05) is 20.3 Å². The molecule has 3 rings (SSSR count). The zero-order chi connectivity index (χ0) is 24.2. The maximum absolute atomic E-state index is 12.3. The number of fused-ring (bicyclic) bond motifs is 3. The van der Waals surface area contributed by atoms with Crippen molar-refractivity contribution < 1.29 is 42.2 Å². The molecular formula is C22H21F3N2O6. The minimum Gasteiger partial charge on any atom is -0.481 e. The first-order valence-electron chi connectivity index (χ1n) is 9.87. The number of carbonyl (C=O) groups is 3. The summed E-state index contributed by atoms with van der Waals surface area (Å²) in [5, 5.41) is 11.4. The molecule has 8 nitrogen and oxygen atoms in total. The predicted octanol–water partition coefficient (Wildman–Crippen LogP) is 3.32. The van der Waals surface area contributed by atoms with Crippen LogP contribution in [0, 0.1) is 0 Å². The fraction of sp³-hybridized carbons (Fsp3) is 0.318. The van der Waals surface area contributed by atoms with Crippen molar-refractivity contribution in [3.8, 4) is 11.1 Å². The molecule has 1 atom stereocenters. The Labute approximate surface area is 186 Å². The highest BCUT2D eigenvalue weighted by molar-refractivity contribution is 5.88. The Hall–Kier alpha value is -3.60. The van der Waals surface area contributed by atoms with Gasteiger partial charge >= 0.3 is 18.2 Å². The van der Waals surface area contributed by atoms with E-state index in [2.05, 4.69) is 10.2 Å². The number of hydrogen-bond acceptors (Lipinski definition) is 5. The molecule has 2 aromatic rings. The summed E-state index contributed by atoms with van der Waals surface area (Å²) in [5.74, 6) is -2.89. The van der Waals surface area contributed by atoms with E-state index in [1.165, 1.54) is 0 Å². The van der Waals surface area contributed by atoms with E-state index in [1.54, 1.807) is 0 Å². The molecule has 1 aliphatic carbocycles. The minimum atomic E-state index is -4.70. The highest BCUT2D eigenvalue weighted by Gasteiger charge is 2.33. The summed E-state index contributed by atoms with van der Waals surface area (Å²) in [4.78, 5) is 40.1. The summed E-state index contributed by atoms with van der Waals surface area (Å²) in [6, 6.07) is 13.5. The molecule has 0 aromatic heterocycles. The number of carboxylic acid groups (broad SMARTS) is 1. The van der Waals surface area contributed by atoms with Gasteiger partial charge in [0.1, 0.15) is 12.6 Å². The van der Waals surface area contributed by atoms with Gasteiger partial charge in [0.05, 0.1) is 6.42 Å². The van der Waals surface area contributed by atoms with Crippen LogP contribution >= 0.6 is 0 Å². The van der Waals surface area contributed by atoms with Gasteiger partial charge in [-0.2, -0.15) is 13.2 Å². The Morgan fingerprint density at radius 3 is 2.12 bits per heavy atom. The third kappa shape index (κ3) is 6.01. The number of alkyl halides is 3. The van der Waals surface area contributed by atoms with Gasteiger partial charge < -0.3 is 15.2 Å². The smallest absolute Gasteiger partial charge is 0.414 e. The van der Waals surface area contributed by atoms with Crippen LogP contribution in [0.2, 0.25) is 0 Å². The SMILES string of the molecule is CN(OCC(F)(F)F)C(=O)C(CC(=O)O)NC(=O)OCC1c2ccccc2-c2ccccc21. The number of halogens is 3. The Kier molecular flexibility index (Phi) is 7.22. The summed E-state index contributed by atoms with van der Waals surface area (Å²) >= 11 is 0. The van der Waals surface area contributed by atoms with Crippen LogP contribution in [0.5, 0.6) is 0 Å². The molecule has 0 heterocycles. The number of carboxylic acids is 1. The number of nitrogens with one attached hydrogen (secondary N) is 1. The van der Waals surface area contributed by atoms with Gasteiger partial charge in [-0.3, -0.25) is 14.4 Å². The monoisotopic (exact) mass is 466 g/mol. The van der Waals surface area contributed by atoms with Gasteiger partial charge in [-0.05, 0) is 22.3 Å². The average Bonchev–Trinajstić information content (AvgIpc) is 3.08. The van der Waals surface area contributed by atoms with Crippen molar-refractivity contribution in [1.29, 1.82) is 0 Å². The van der Waals surface area contributed by atoms with Gasteiger partial charge in [0.2, 0.25) is 0 Å². The molecule has 2 aromatic carbocycles. The highest BCUT2D eigenvalue weighted by Crippen LogP contribution is 2.44. The molecular weight excluding hydrogens is 445 g/mol. The maximum atomic E-state index is 12.3. The topological polar surface area (TPSA) is 105 Å². The second-order valence-corrected chi connectivity index (χ2v) is 7.34. The third-order valence-electron chi connectivity index (χ3n) is 5.04. The van der Waals surface area contributed by atoms with Crippen molar-refractivity contribution in [2.45, 2.75) is 24.6 Å². The number of nitrogens with zero attached hydrogens (tertiary/aromatic N) is 1. The summed E-state index contributed by atoms with van der Waals surface area (Å²) in [7, 11) is 0.891. The number of benzene rings is 2. The van der Waals surface area contributed by atoms with E-state index >= 15 is 0 Å². The molecule has 33 heavy (non-hydrogen) atoms. The average molecular weight is 466 g/mol. The molecule has 176 valence electrons. The fourth-order valence-corrected chi connectivity index (χ4v) is 3.61. The molecule has 2 N–H and O–H groups in total. The number of hydrogen-bond donors (Lipinski definition) is 2. The second kappa shape index (κ2) is 9.90. The molecule has 11 heteroatoms. The maximum Gasteiger partial charge on any atom is 0.414 e. The van der Waals surface area contributed by atoms with Crippen LogP contribution in [0.4, 0.5) is 18.0 Å². The lowest BCUT2D eigenvalue weighted by Crippen LogP contribution is -2.49. The zero-order valence-corrected chi connectivity index (χ0v) is 17.5. The summed E-state index contributed by atoms with van der Waals surface area (Å²) in [6.45, 7) is -1.84. The van der Waals surface area contributed by atoms with Gasteiger partial charge in [0.25, 0.3) is 5.91 Å². The Bertz CT molecular complexity index is 997. The van der Waals surface area contributed by atoms with Gasteiger partial charge in [0, 0.05) is 13.0 Å². The number of hydroxylamine groups is 2. The lowest BCUT2D eigenvalue weighted by Gasteiger charge is -2.23. The molecule has 0 saturated carbocycles. The predicted molar refractivity (Wildman–Crippen MR) is 109 cm³/mol. The molecule has 1 aliphatic rings. The quantitative estimate of drug-likeness (QED) is 0.579. The first kappa shape index (κ1) is 24.1. The number of rotatable bonds is 8. The summed E-state index contributed by atoms with van der Waals surface area (Å²) < 4.78 is 42.2. The minimum absolute atomic E-state index is 0.0890. The fourth-order valence-electron chi connectivity index (χ4n) is 3.61. The Morgan fingerprint density at radius 1 is 1.06 bits per heavy atom. The van der Waals surface area contributed by atoms with Crippen molar-refractivity contribution in [3.05, 3.63) is 59.7 Å². The molecule has 0 fully saturated rings. The van der Waals surface area contributed by atoms with Gasteiger partial charge in [-0.15, -0.1) is 0 Å². The number of ether oxygens (including phenoxy) is 1. The molecule has 1 unspecified atom stereocenters. The molecule has 0 radical (unpaired) electrons. The molecule has 0 spiro atoms. The van der Waals surface area contributed by atoms with E-state index in [0.29, 0.717) is 0 Å². The second-order valence-electron chi connectivity index (χ2n) is 7.34. The number of likely N-dealkylation sites (N-methyl/N-ethyl adjacent to an activating group) is 1. The highest BCUT2D eigenvalue weighted by atomic mass is 19.4. The van der Waals surface area contributed by atoms with Gasteiger partial charge in [0.15, 0.2) is 6.61 Å². The van der Waals surface area contributed by atoms with Gasteiger partial charge in [-0.25, -0.2) is 9.86 Å². The number of amides is 2.